The number of nitrogens with zero attached hydrogens (tertiary/aromatic N) is 1. The summed E-state index contributed by atoms with van der Waals surface area (Å²) in [7, 11) is 1.79. The van der Waals surface area contributed by atoms with Crippen LogP contribution >= 0.6 is 28.3 Å². The van der Waals surface area contributed by atoms with Crippen LogP contribution in [0.3, 0.4) is 0 Å². The third kappa shape index (κ3) is 3.22. The molecule has 1 atom stereocenters. The zero-order valence-electron chi connectivity index (χ0n) is 9.95. The Morgan fingerprint density at radius 2 is 2.28 bits per heavy atom. The molecule has 1 aromatic rings. The molecule has 100 valence electrons. The van der Waals surface area contributed by atoms with Crippen LogP contribution in [0.15, 0.2) is 22.7 Å². The van der Waals surface area contributed by atoms with Crippen LogP contribution in [0, 0.1) is 5.82 Å². The van der Waals surface area contributed by atoms with Gasteiger partial charge in [0.05, 0.1) is 4.47 Å². The lowest BCUT2D eigenvalue weighted by Gasteiger charge is -2.23. The fourth-order valence-corrected chi connectivity index (χ4v) is 2.35. The van der Waals surface area contributed by atoms with Crippen LogP contribution in [0.5, 0.6) is 0 Å². The number of carbonyl (C=O) groups excluding carboxylic acids is 1. The average molecular weight is 338 g/mol. The van der Waals surface area contributed by atoms with Crippen molar-refractivity contribution in [2.75, 3.05) is 20.1 Å². The summed E-state index contributed by atoms with van der Waals surface area (Å²) in [5.41, 5.74) is 0.507. The molecule has 2 rings (SSSR count). The summed E-state index contributed by atoms with van der Waals surface area (Å²) in [6.45, 7) is 1.76. The molecule has 0 spiro atoms. The van der Waals surface area contributed by atoms with Crippen molar-refractivity contribution in [2.45, 2.75) is 12.5 Å². The van der Waals surface area contributed by atoms with Gasteiger partial charge in [0.1, 0.15) is 5.82 Å². The number of amides is 1. The highest BCUT2D eigenvalue weighted by Crippen LogP contribution is 2.19. The number of likely N-dealkylation sites (N-methyl/N-ethyl adjacent to an activating group) is 1. The van der Waals surface area contributed by atoms with Gasteiger partial charge in [-0.1, -0.05) is 0 Å². The Bertz CT molecular complexity index is 438. The molecule has 1 aliphatic heterocycles. The zero-order valence-corrected chi connectivity index (χ0v) is 12.4. The monoisotopic (exact) mass is 336 g/mol. The standard InChI is InChI=1S/C12H14BrFN2O.ClH/c1-16(9-4-5-15-7-9)12(17)8-2-3-11(14)10(13)6-8;/h2-3,6,9,15H,4-5,7H2,1H3;1H. The van der Waals surface area contributed by atoms with E-state index in [0.29, 0.717) is 10.0 Å². The maximum atomic E-state index is 13.1. The molecule has 1 N–H and O–H groups in total. The molecule has 1 saturated heterocycles. The first kappa shape index (κ1) is 15.4. The molecule has 6 heteroatoms. The summed E-state index contributed by atoms with van der Waals surface area (Å²) >= 11 is 3.09. The van der Waals surface area contributed by atoms with Crippen molar-refractivity contribution in [2.24, 2.45) is 0 Å². The topological polar surface area (TPSA) is 32.3 Å². The average Bonchev–Trinajstić information content (AvgIpc) is 2.84. The van der Waals surface area contributed by atoms with Crippen LogP contribution in [0.2, 0.25) is 0 Å². The molecule has 0 saturated carbocycles. The van der Waals surface area contributed by atoms with Crippen molar-refractivity contribution in [3.05, 3.63) is 34.1 Å². The zero-order chi connectivity index (χ0) is 12.4. The van der Waals surface area contributed by atoms with E-state index >= 15 is 0 Å². The van der Waals surface area contributed by atoms with E-state index < -0.39 is 0 Å². The molecule has 18 heavy (non-hydrogen) atoms. The SMILES string of the molecule is CN(C(=O)c1ccc(F)c(Br)c1)C1CCNC1.Cl. The second-order valence-corrected chi connectivity index (χ2v) is 5.05. The van der Waals surface area contributed by atoms with Gasteiger partial charge >= 0.3 is 0 Å². The fourth-order valence-electron chi connectivity index (χ4n) is 1.97. The molecule has 1 unspecified atom stereocenters. The molecular formula is C12H15BrClFN2O. The lowest BCUT2D eigenvalue weighted by atomic mass is 10.1. The lowest BCUT2D eigenvalue weighted by molar-refractivity contribution is 0.0743. The summed E-state index contributed by atoms with van der Waals surface area (Å²) < 4.78 is 13.4. The van der Waals surface area contributed by atoms with Gasteiger partial charge in [-0.2, -0.15) is 0 Å². The smallest absolute Gasteiger partial charge is 0.253 e. The minimum Gasteiger partial charge on any atom is -0.337 e. The Hall–Kier alpha value is -0.650. The van der Waals surface area contributed by atoms with Gasteiger partial charge in [0.15, 0.2) is 0 Å². The van der Waals surface area contributed by atoms with Crippen molar-refractivity contribution in [3.63, 3.8) is 0 Å². The maximum absolute atomic E-state index is 13.1. The van der Waals surface area contributed by atoms with Gasteiger partial charge in [-0.3, -0.25) is 4.79 Å². The molecule has 0 radical (unpaired) electrons. The van der Waals surface area contributed by atoms with Crippen LogP contribution in [-0.4, -0.2) is 37.0 Å². The summed E-state index contributed by atoms with van der Waals surface area (Å²) in [5, 5.41) is 3.22. The van der Waals surface area contributed by atoms with Crippen LogP contribution in [0.25, 0.3) is 0 Å². The van der Waals surface area contributed by atoms with Crippen LogP contribution in [0.1, 0.15) is 16.8 Å². The van der Waals surface area contributed by atoms with E-state index in [-0.39, 0.29) is 30.2 Å². The summed E-state index contributed by atoms with van der Waals surface area (Å²) in [4.78, 5) is 13.9. The maximum Gasteiger partial charge on any atom is 0.253 e. The Morgan fingerprint density at radius 3 is 2.83 bits per heavy atom. The molecule has 0 aliphatic carbocycles. The highest BCUT2D eigenvalue weighted by Gasteiger charge is 2.24. The third-order valence-electron chi connectivity index (χ3n) is 3.07. The number of hydrogen-bond acceptors (Lipinski definition) is 2. The number of rotatable bonds is 2. The number of hydrogen-bond donors (Lipinski definition) is 1. The van der Waals surface area contributed by atoms with Gasteiger partial charge in [0.25, 0.3) is 5.91 Å². The Morgan fingerprint density at radius 1 is 1.56 bits per heavy atom. The molecule has 1 amide bonds. The second-order valence-electron chi connectivity index (χ2n) is 4.19. The van der Waals surface area contributed by atoms with Crippen molar-refractivity contribution in [1.29, 1.82) is 0 Å². The predicted molar refractivity (Wildman–Crippen MR) is 74.7 cm³/mol. The van der Waals surface area contributed by atoms with Gasteiger partial charge < -0.3 is 10.2 Å². The molecule has 1 aliphatic rings. The van der Waals surface area contributed by atoms with E-state index in [9.17, 15) is 9.18 Å². The van der Waals surface area contributed by atoms with Crippen molar-refractivity contribution < 1.29 is 9.18 Å². The summed E-state index contributed by atoms with van der Waals surface area (Å²) in [6.07, 6.45) is 0.963. The molecular weight excluding hydrogens is 322 g/mol. The van der Waals surface area contributed by atoms with Crippen molar-refractivity contribution in [3.8, 4) is 0 Å². The third-order valence-corrected chi connectivity index (χ3v) is 3.68. The molecule has 0 bridgehead atoms. The first-order valence-corrected chi connectivity index (χ1v) is 6.32. The first-order chi connectivity index (χ1) is 8.09. The number of carbonyl (C=O) groups is 1. The first-order valence-electron chi connectivity index (χ1n) is 5.52. The molecule has 1 fully saturated rings. The molecule has 1 aromatic carbocycles. The van der Waals surface area contributed by atoms with E-state index in [2.05, 4.69) is 21.2 Å². The number of halogens is 3. The Balaban J connectivity index is 0.00000162. The summed E-state index contributed by atoms with van der Waals surface area (Å²) in [6, 6.07) is 4.57. The minimum absolute atomic E-state index is 0. The second kappa shape index (κ2) is 6.50. The van der Waals surface area contributed by atoms with Gasteiger partial charge in [0, 0.05) is 25.2 Å². The van der Waals surface area contributed by atoms with Gasteiger partial charge in [0.2, 0.25) is 0 Å². The van der Waals surface area contributed by atoms with Crippen molar-refractivity contribution >= 4 is 34.2 Å². The van der Waals surface area contributed by atoms with Gasteiger partial charge in [-0.05, 0) is 47.1 Å². The molecule has 1 heterocycles. The van der Waals surface area contributed by atoms with E-state index in [1.807, 2.05) is 0 Å². The number of nitrogens with one attached hydrogen (secondary N) is 1. The van der Waals surface area contributed by atoms with Crippen LogP contribution < -0.4 is 5.32 Å². The van der Waals surface area contributed by atoms with E-state index in [4.69, 9.17) is 0 Å². The van der Waals surface area contributed by atoms with Gasteiger partial charge in [-0.15, -0.1) is 12.4 Å². The minimum atomic E-state index is -0.355. The molecule has 0 aromatic heterocycles. The normalized spacial score (nSPS) is 18.3. The van der Waals surface area contributed by atoms with E-state index in [1.165, 1.54) is 18.2 Å². The quantitative estimate of drug-likeness (QED) is 0.899. The number of benzene rings is 1. The van der Waals surface area contributed by atoms with Gasteiger partial charge in [-0.25, -0.2) is 4.39 Å². The highest BCUT2D eigenvalue weighted by atomic mass is 79.9. The lowest BCUT2D eigenvalue weighted by Crippen LogP contribution is -2.38. The van der Waals surface area contributed by atoms with Crippen LogP contribution in [-0.2, 0) is 0 Å². The van der Waals surface area contributed by atoms with E-state index in [0.717, 1.165) is 19.5 Å². The van der Waals surface area contributed by atoms with Crippen LogP contribution in [0.4, 0.5) is 4.39 Å². The molecule has 3 nitrogen and oxygen atoms in total. The Kier molecular flexibility index (Phi) is 5.56. The van der Waals surface area contributed by atoms with Crippen molar-refractivity contribution in [1.82, 2.24) is 10.2 Å². The Labute approximate surface area is 120 Å². The van der Waals surface area contributed by atoms with E-state index in [1.54, 1.807) is 11.9 Å². The fraction of sp³-hybridized carbons (Fsp3) is 0.417. The largest absolute Gasteiger partial charge is 0.337 e. The highest BCUT2D eigenvalue weighted by molar-refractivity contribution is 9.10. The predicted octanol–water partition coefficient (Wildman–Crippen LogP) is 2.44. The summed E-state index contributed by atoms with van der Waals surface area (Å²) in [5.74, 6) is -0.425.